The molecule has 0 saturated carbocycles. The lowest BCUT2D eigenvalue weighted by Gasteiger charge is -2.16. The van der Waals surface area contributed by atoms with Crippen molar-refractivity contribution in [2.45, 2.75) is 18.9 Å². The Kier molecular flexibility index (Phi) is 3.09. The van der Waals surface area contributed by atoms with Crippen molar-refractivity contribution in [3.8, 4) is 0 Å². The summed E-state index contributed by atoms with van der Waals surface area (Å²) in [6, 6.07) is 18.6. The van der Waals surface area contributed by atoms with Crippen molar-refractivity contribution in [1.82, 2.24) is 0 Å². The molecule has 1 N–H and O–H groups in total. The molecule has 0 fully saturated rings. The van der Waals surface area contributed by atoms with Gasteiger partial charge in [0, 0.05) is 4.47 Å². The van der Waals surface area contributed by atoms with Crippen molar-refractivity contribution in [1.29, 1.82) is 0 Å². The van der Waals surface area contributed by atoms with Crippen molar-refractivity contribution < 1.29 is 5.11 Å². The number of hydrogen-bond acceptors (Lipinski definition) is 1. The van der Waals surface area contributed by atoms with Crippen LogP contribution < -0.4 is 0 Å². The van der Waals surface area contributed by atoms with Crippen LogP contribution in [0.5, 0.6) is 0 Å². The van der Waals surface area contributed by atoms with E-state index in [1.807, 2.05) is 24.3 Å². The van der Waals surface area contributed by atoms with Crippen LogP contribution >= 0.6 is 15.9 Å². The zero-order valence-corrected chi connectivity index (χ0v) is 13.1. The first-order chi connectivity index (χ1) is 10.3. The molecule has 3 aromatic rings. The van der Waals surface area contributed by atoms with Gasteiger partial charge >= 0.3 is 0 Å². The second-order valence-corrected chi connectivity index (χ2v) is 6.43. The van der Waals surface area contributed by atoms with Crippen LogP contribution in [0.4, 0.5) is 0 Å². The first-order valence-electron chi connectivity index (χ1n) is 7.21. The Balaban J connectivity index is 1.94. The monoisotopic (exact) mass is 338 g/mol. The lowest BCUT2D eigenvalue weighted by Crippen LogP contribution is -2.02. The van der Waals surface area contributed by atoms with Crippen LogP contribution in [0.15, 0.2) is 59.1 Å². The van der Waals surface area contributed by atoms with Gasteiger partial charge in [0.05, 0.1) is 0 Å². The second kappa shape index (κ2) is 4.97. The summed E-state index contributed by atoms with van der Waals surface area (Å²) in [4.78, 5) is 0. The molecule has 1 aliphatic carbocycles. The van der Waals surface area contributed by atoms with Gasteiger partial charge in [0.15, 0.2) is 0 Å². The molecule has 0 aromatic heterocycles. The highest BCUT2D eigenvalue weighted by atomic mass is 79.9. The minimum atomic E-state index is -0.606. The van der Waals surface area contributed by atoms with Gasteiger partial charge in [0.2, 0.25) is 0 Å². The molecule has 0 heterocycles. The van der Waals surface area contributed by atoms with E-state index in [1.54, 1.807) is 0 Å². The number of halogens is 1. The quantitative estimate of drug-likeness (QED) is 0.712. The molecule has 0 bridgehead atoms. The minimum Gasteiger partial charge on any atom is -0.384 e. The SMILES string of the molecule is O[C@H](c1ccccc1Br)c1ccc2c3c(cccc13)CC2. The Hall–Kier alpha value is -1.64. The summed E-state index contributed by atoms with van der Waals surface area (Å²) in [6.07, 6.45) is 1.62. The predicted molar refractivity (Wildman–Crippen MR) is 89.6 cm³/mol. The summed E-state index contributed by atoms with van der Waals surface area (Å²) in [5, 5.41) is 13.4. The van der Waals surface area contributed by atoms with Crippen LogP contribution in [0.3, 0.4) is 0 Å². The molecular weight excluding hydrogens is 324 g/mol. The third-order valence-electron chi connectivity index (χ3n) is 4.41. The highest BCUT2D eigenvalue weighted by molar-refractivity contribution is 9.10. The van der Waals surface area contributed by atoms with Crippen LogP contribution in [-0.2, 0) is 12.8 Å². The highest BCUT2D eigenvalue weighted by Crippen LogP contribution is 2.37. The van der Waals surface area contributed by atoms with E-state index in [1.165, 1.54) is 21.9 Å². The van der Waals surface area contributed by atoms with Crippen LogP contribution in [0.1, 0.15) is 28.4 Å². The number of aliphatic hydroxyl groups excluding tert-OH is 1. The molecule has 1 atom stereocenters. The van der Waals surface area contributed by atoms with E-state index >= 15 is 0 Å². The van der Waals surface area contributed by atoms with Crippen molar-refractivity contribution in [3.63, 3.8) is 0 Å². The fraction of sp³-hybridized carbons (Fsp3) is 0.158. The van der Waals surface area contributed by atoms with Gasteiger partial charge in [-0.1, -0.05) is 64.5 Å². The second-order valence-electron chi connectivity index (χ2n) is 5.58. The Bertz CT molecular complexity index is 828. The molecule has 1 aliphatic rings. The van der Waals surface area contributed by atoms with Gasteiger partial charge in [-0.05, 0) is 51.9 Å². The molecule has 104 valence electrons. The van der Waals surface area contributed by atoms with E-state index in [-0.39, 0.29) is 0 Å². The molecule has 0 unspecified atom stereocenters. The number of rotatable bonds is 2. The zero-order valence-electron chi connectivity index (χ0n) is 11.5. The van der Waals surface area contributed by atoms with Crippen molar-refractivity contribution in [2.75, 3.05) is 0 Å². The molecule has 4 rings (SSSR count). The summed E-state index contributed by atoms with van der Waals surface area (Å²) >= 11 is 3.54. The maximum absolute atomic E-state index is 10.8. The highest BCUT2D eigenvalue weighted by Gasteiger charge is 2.20. The first-order valence-corrected chi connectivity index (χ1v) is 8.01. The summed E-state index contributed by atoms with van der Waals surface area (Å²) < 4.78 is 0.945. The maximum atomic E-state index is 10.8. The van der Waals surface area contributed by atoms with E-state index in [0.29, 0.717) is 0 Å². The van der Waals surface area contributed by atoms with Crippen LogP contribution in [-0.4, -0.2) is 5.11 Å². The van der Waals surface area contributed by atoms with E-state index < -0.39 is 6.10 Å². The molecule has 1 nitrogen and oxygen atoms in total. The Morgan fingerprint density at radius 1 is 0.810 bits per heavy atom. The molecule has 0 aliphatic heterocycles. The van der Waals surface area contributed by atoms with Gasteiger partial charge < -0.3 is 5.11 Å². The van der Waals surface area contributed by atoms with Crippen molar-refractivity contribution >= 4 is 26.7 Å². The lowest BCUT2D eigenvalue weighted by molar-refractivity contribution is 0.221. The third kappa shape index (κ3) is 2.02. The molecule has 21 heavy (non-hydrogen) atoms. The third-order valence-corrected chi connectivity index (χ3v) is 5.13. The van der Waals surface area contributed by atoms with Gasteiger partial charge in [-0.15, -0.1) is 0 Å². The van der Waals surface area contributed by atoms with Crippen molar-refractivity contribution in [3.05, 3.63) is 81.3 Å². The fourth-order valence-corrected chi connectivity index (χ4v) is 3.87. The molecular formula is C19H15BrO. The first kappa shape index (κ1) is 13.1. The van der Waals surface area contributed by atoms with Gasteiger partial charge in [0.1, 0.15) is 6.10 Å². The maximum Gasteiger partial charge on any atom is 0.106 e. The Labute approximate surface area is 132 Å². The molecule has 3 aromatic carbocycles. The molecule has 0 spiro atoms. The van der Waals surface area contributed by atoms with E-state index in [2.05, 4.69) is 46.3 Å². The van der Waals surface area contributed by atoms with Gasteiger partial charge in [-0.25, -0.2) is 0 Å². The zero-order chi connectivity index (χ0) is 14.4. The smallest absolute Gasteiger partial charge is 0.106 e. The number of hydrogen-bond donors (Lipinski definition) is 1. The number of aliphatic hydroxyl groups is 1. The predicted octanol–water partition coefficient (Wildman–Crippen LogP) is 4.78. The van der Waals surface area contributed by atoms with Crippen LogP contribution in [0, 0.1) is 0 Å². The Morgan fingerprint density at radius 3 is 2.38 bits per heavy atom. The van der Waals surface area contributed by atoms with Crippen molar-refractivity contribution in [2.24, 2.45) is 0 Å². The van der Waals surface area contributed by atoms with E-state index in [9.17, 15) is 5.11 Å². The van der Waals surface area contributed by atoms with E-state index in [0.717, 1.165) is 28.4 Å². The summed E-state index contributed by atoms with van der Waals surface area (Å²) in [6.45, 7) is 0. The average Bonchev–Trinajstić information content (AvgIpc) is 2.93. The lowest BCUT2D eigenvalue weighted by atomic mass is 9.93. The largest absolute Gasteiger partial charge is 0.384 e. The summed E-state index contributed by atoms with van der Waals surface area (Å²) in [5.74, 6) is 0. The normalized spacial score (nSPS) is 14.6. The van der Waals surface area contributed by atoms with Gasteiger partial charge in [-0.2, -0.15) is 0 Å². The van der Waals surface area contributed by atoms with Gasteiger partial charge in [-0.3, -0.25) is 0 Å². The number of aryl methyl sites for hydroxylation is 2. The minimum absolute atomic E-state index is 0.606. The molecule has 0 amide bonds. The molecule has 2 heteroatoms. The van der Waals surface area contributed by atoms with Crippen LogP contribution in [0.25, 0.3) is 10.8 Å². The van der Waals surface area contributed by atoms with Crippen LogP contribution in [0.2, 0.25) is 0 Å². The number of benzene rings is 3. The summed E-state index contributed by atoms with van der Waals surface area (Å²) in [5.41, 5.74) is 4.72. The van der Waals surface area contributed by atoms with Gasteiger partial charge in [0.25, 0.3) is 0 Å². The topological polar surface area (TPSA) is 20.2 Å². The average molecular weight is 339 g/mol. The van der Waals surface area contributed by atoms with E-state index in [4.69, 9.17) is 0 Å². The molecule has 0 radical (unpaired) electrons. The standard InChI is InChI=1S/C19H15BrO/c20-17-7-2-1-5-16(17)19(21)15-11-10-13-9-8-12-4-3-6-14(15)18(12)13/h1-7,10-11,19,21H,8-9H2/t19-/m0/s1. The fourth-order valence-electron chi connectivity index (χ4n) is 3.37. The summed E-state index contributed by atoms with van der Waals surface area (Å²) in [7, 11) is 0. The Morgan fingerprint density at radius 2 is 1.57 bits per heavy atom. The molecule has 0 saturated heterocycles.